The van der Waals surface area contributed by atoms with Gasteiger partial charge in [-0.1, -0.05) is 6.42 Å². The molecular formula is C11H14N4S. The zero-order valence-corrected chi connectivity index (χ0v) is 9.76. The molecule has 3 N–H and O–H groups in total. The molecule has 2 aromatic rings. The van der Waals surface area contributed by atoms with Crippen molar-refractivity contribution in [3.05, 3.63) is 11.4 Å². The van der Waals surface area contributed by atoms with Gasteiger partial charge in [-0.25, -0.2) is 4.98 Å². The van der Waals surface area contributed by atoms with Crippen molar-refractivity contribution in [3.8, 4) is 0 Å². The van der Waals surface area contributed by atoms with Gasteiger partial charge in [0.25, 0.3) is 0 Å². The lowest BCUT2D eigenvalue weighted by molar-refractivity contribution is 0.333. The molecule has 0 unspecified atom stereocenters. The lowest BCUT2D eigenvalue weighted by Gasteiger charge is -2.25. The van der Waals surface area contributed by atoms with Crippen LogP contribution in [-0.2, 0) is 0 Å². The second-order valence-electron chi connectivity index (χ2n) is 4.25. The highest BCUT2D eigenvalue weighted by atomic mass is 32.1. The normalized spacial score (nSPS) is 16.2. The van der Waals surface area contributed by atoms with E-state index in [0.29, 0.717) is 5.95 Å². The van der Waals surface area contributed by atoms with E-state index >= 15 is 0 Å². The first-order valence-corrected chi connectivity index (χ1v) is 6.45. The molecule has 0 bridgehead atoms. The Labute approximate surface area is 97.9 Å². The Morgan fingerprint density at radius 1 is 1.44 bits per heavy atom. The molecule has 3 rings (SSSR count). The summed E-state index contributed by atoms with van der Waals surface area (Å²) in [4.78, 5) is 9.43. The van der Waals surface area contributed by atoms with Crippen molar-refractivity contribution in [1.82, 2.24) is 9.97 Å². The van der Waals surface area contributed by atoms with Gasteiger partial charge in [0.15, 0.2) is 0 Å². The molecule has 2 aromatic heterocycles. The molecule has 0 aromatic carbocycles. The van der Waals surface area contributed by atoms with Gasteiger partial charge in [-0.3, -0.25) is 0 Å². The standard InChI is InChI=1S/C11H14N4S/c12-11-14-9(13-6-7-2-1-3-7)8-4-5-16-10(8)15-11/h4-5,7H,1-3,6H2,(H3,12,13,14,15). The number of aromatic nitrogens is 2. The molecule has 1 fully saturated rings. The molecule has 4 nitrogen and oxygen atoms in total. The second-order valence-corrected chi connectivity index (χ2v) is 5.14. The molecule has 0 amide bonds. The van der Waals surface area contributed by atoms with Crippen LogP contribution in [0.1, 0.15) is 19.3 Å². The quantitative estimate of drug-likeness (QED) is 0.856. The molecule has 5 heteroatoms. The summed E-state index contributed by atoms with van der Waals surface area (Å²) in [5.74, 6) is 2.05. The van der Waals surface area contributed by atoms with E-state index in [1.807, 2.05) is 11.4 Å². The predicted molar refractivity (Wildman–Crippen MR) is 67.7 cm³/mol. The molecule has 0 aliphatic heterocycles. The van der Waals surface area contributed by atoms with Crippen molar-refractivity contribution in [2.45, 2.75) is 19.3 Å². The average Bonchev–Trinajstić information content (AvgIpc) is 2.62. The minimum absolute atomic E-state index is 0.353. The monoisotopic (exact) mass is 234 g/mol. The summed E-state index contributed by atoms with van der Waals surface area (Å²) in [6.07, 6.45) is 4.03. The number of nitrogens with two attached hydrogens (primary N) is 1. The Morgan fingerprint density at radius 3 is 3.06 bits per heavy atom. The number of rotatable bonds is 3. The minimum Gasteiger partial charge on any atom is -0.369 e. The molecule has 0 spiro atoms. The number of hydrogen-bond acceptors (Lipinski definition) is 5. The smallest absolute Gasteiger partial charge is 0.223 e. The number of nitrogens with one attached hydrogen (secondary N) is 1. The van der Waals surface area contributed by atoms with E-state index in [2.05, 4.69) is 15.3 Å². The molecule has 84 valence electrons. The van der Waals surface area contributed by atoms with E-state index in [0.717, 1.165) is 28.5 Å². The first-order chi connectivity index (χ1) is 7.83. The Bertz CT molecular complexity index is 504. The number of nitrogen functional groups attached to an aromatic ring is 1. The minimum atomic E-state index is 0.353. The molecule has 1 aliphatic rings. The Hall–Kier alpha value is -1.36. The first-order valence-electron chi connectivity index (χ1n) is 5.57. The van der Waals surface area contributed by atoms with Gasteiger partial charge in [-0.15, -0.1) is 11.3 Å². The topological polar surface area (TPSA) is 63.8 Å². The number of nitrogens with zero attached hydrogens (tertiary/aromatic N) is 2. The van der Waals surface area contributed by atoms with Crippen LogP contribution in [-0.4, -0.2) is 16.5 Å². The second kappa shape index (κ2) is 3.90. The summed E-state index contributed by atoms with van der Waals surface area (Å²) >= 11 is 1.60. The van der Waals surface area contributed by atoms with E-state index < -0.39 is 0 Å². The van der Waals surface area contributed by atoms with Crippen LogP contribution < -0.4 is 11.1 Å². The molecule has 0 atom stereocenters. The third-order valence-electron chi connectivity index (χ3n) is 3.13. The van der Waals surface area contributed by atoms with E-state index in [4.69, 9.17) is 5.73 Å². The first kappa shape index (κ1) is 9.84. The van der Waals surface area contributed by atoms with Crippen molar-refractivity contribution in [2.75, 3.05) is 17.6 Å². The van der Waals surface area contributed by atoms with Crippen LogP contribution in [0.15, 0.2) is 11.4 Å². The van der Waals surface area contributed by atoms with Gasteiger partial charge < -0.3 is 11.1 Å². The van der Waals surface area contributed by atoms with Crippen LogP contribution in [0.5, 0.6) is 0 Å². The van der Waals surface area contributed by atoms with Gasteiger partial charge in [-0.2, -0.15) is 4.98 Å². The molecule has 1 aliphatic carbocycles. The van der Waals surface area contributed by atoms with Crippen molar-refractivity contribution < 1.29 is 0 Å². The van der Waals surface area contributed by atoms with Gasteiger partial charge in [0.1, 0.15) is 10.6 Å². The molecular weight excluding hydrogens is 220 g/mol. The third kappa shape index (κ3) is 1.71. The van der Waals surface area contributed by atoms with Crippen LogP contribution in [0.2, 0.25) is 0 Å². The predicted octanol–water partition coefficient (Wildman–Crippen LogP) is 2.49. The number of fused-ring (bicyclic) bond motifs is 1. The molecule has 2 heterocycles. The molecule has 16 heavy (non-hydrogen) atoms. The Balaban J connectivity index is 1.85. The highest BCUT2D eigenvalue weighted by Crippen LogP contribution is 2.29. The van der Waals surface area contributed by atoms with Gasteiger partial charge >= 0.3 is 0 Å². The SMILES string of the molecule is Nc1nc(NCC2CCC2)c2ccsc2n1. The van der Waals surface area contributed by atoms with Gasteiger partial charge in [-0.05, 0) is 30.2 Å². The maximum atomic E-state index is 5.68. The maximum Gasteiger partial charge on any atom is 0.223 e. The zero-order valence-electron chi connectivity index (χ0n) is 8.94. The summed E-state index contributed by atoms with van der Waals surface area (Å²) in [5.41, 5.74) is 5.68. The van der Waals surface area contributed by atoms with Crippen molar-refractivity contribution in [1.29, 1.82) is 0 Å². The average molecular weight is 234 g/mol. The lowest BCUT2D eigenvalue weighted by atomic mass is 9.85. The summed E-state index contributed by atoms with van der Waals surface area (Å²) in [7, 11) is 0. The van der Waals surface area contributed by atoms with Crippen LogP contribution in [0, 0.1) is 5.92 Å². The summed E-state index contributed by atoms with van der Waals surface area (Å²) in [6, 6.07) is 2.04. The Morgan fingerprint density at radius 2 is 2.31 bits per heavy atom. The van der Waals surface area contributed by atoms with E-state index in [9.17, 15) is 0 Å². The van der Waals surface area contributed by atoms with Crippen molar-refractivity contribution in [2.24, 2.45) is 5.92 Å². The summed E-state index contributed by atoms with van der Waals surface area (Å²) < 4.78 is 0. The number of anilines is 2. The fourth-order valence-electron chi connectivity index (χ4n) is 1.94. The van der Waals surface area contributed by atoms with Crippen LogP contribution in [0.4, 0.5) is 11.8 Å². The van der Waals surface area contributed by atoms with Gasteiger partial charge in [0.05, 0.1) is 5.39 Å². The van der Waals surface area contributed by atoms with Crippen LogP contribution in [0.3, 0.4) is 0 Å². The van der Waals surface area contributed by atoms with Crippen molar-refractivity contribution >= 4 is 33.3 Å². The van der Waals surface area contributed by atoms with Crippen LogP contribution >= 0.6 is 11.3 Å². The lowest BCUT2D eigenvalue weighted by Crippen LogP contribution is -2.21. The third-order valence-corrected chi connectivity index (χ3v) is 3.93. The van der Waals surface area contributed by atoms with E-state index in [-0.39, 0.29) is 0 Å². The Kier molecular flexibility index (Phi) is 2.40. The van der Waals surface area contributed by atoms with Crippen LogP contribution in [0.25, 0.3) is 10.2 Å². The molecule has 1 saturated carbocycles. The largest absolute Gasteiger partial charge is 0.369 e. The summed E-state index contributed by atoms with van der Waals surface area (Å²) in [6.45, 7) is 1.00. The van der Waals surface area contributed by atoms with E-state index in [1.54, 1.807) is 11.3 Å². The summed E-state index contributed by atoms with van der Waals surface area (Å²) in [5, 5.41) is 6.50. The highest BCUT2D eigenvalue weighted by molar-refractivity contribution is 7.16. The van der Waals surface area contributed by atoms with Crippen molar-refractivity contribution in [3.63, 3.8) is 0 Å². The number of thiophene rings is 1. The molecule has 0 saturated heterocycles. The number of hydrogen-bond donors (Lipinski definition) is 2. The maximum absolute atomic E-state index is 5.68. The van der Waals surface area contributed by atoms with Gasteiger partial charge in [0, 0.05) is 6.54 Å². The highest BCUT2D eigenvalue weighted by Gasteiger charge is 2.17. The fraction of sp³-hybridized carbons (Fsp3) is 0.455. The molecule has 0 radical (unpaired) electrons. The van der Waals surface area contributed by atoms with Gasteiger partial charge in [0.2, 0.25) is 5.95 Å². The van der Waals surface area contributed by atoms with E-state index in [1.165, 1.54) is 19.3 Å². The zero-order chi connectivity index (χ0) is 11.0. The fourth-order valence-corrected chi connectivity index (χ4v) is 2.72.